The van der Waals surface area contributed by atoms with Gasteiger partial charge in [-0.15, -0.1) is 0 Å². The highest BCUT2D eigenvalue weighted by Gasteiger charge is 2.34. The molecule has 1 saturated heterocycles. The summed E-state index contributed by atoms with van der Waals surface area (Å²) in [7, 11) is 0. The number of nitro benzene ring substituents is 1. The van der Waals surface area contributed by atoms with Gasteiger partial charge in [0.25, 0.3) is 5.69 Å². The van der Waals surface area contributed by atoms with Crippen LogP contribution >= 0.6 is 11.8 Å². The Morgan fingerprint density at radius 2 is 2.14 bits per heavy atom. The fourth-order valence-electron chi connectivity index (χ4n) is 2.27. The van der Waals surface area contributed by atoms with Crippen molar-refractivity contribution in [1.29, 1.82) is 0 Å². The maximum atomic E-state index is 12.0. The monoisotopic (exact) mass is 324 g/mol. The first-order chi connectivity index (χ1) is 10.3. The van der Waals surface area contributed by atoms with E-state index in [9.17, 15) is 29.6 Å². The number of thioether (sulfide) groups is 1. The minimum atomic E-state index is -1.35. The highest BCUT2D eigenvalue weighted by molar-refractivity contribution is 8.14. The van der Waals surface area contributed by atoms with E-state index in [0.717, 1.165) is 23.9 Å². The number of carbonyl (C=O) groups excluding carboxylic acids is 2. The van der Waals surface area contributed by atoms with Gasteiger partial charge in [0.1, 0.15) is 0 Å². The Morgan fingerprint density at radius 3 is 2.68 bits per heavy atom. The quantitative estimate of drug-likeness (QED) is 0.661. The molecule has 1 atom stereocenters. The fourth-order valence-corrected chi connectivity index (χ4v) is 3.18. The summed E-state index contributed by atoms with van der Waals surface area (Å²) in [4.78, 5) is 45.7. The van der Waals surface area contributed by atoms with Crippen LogP contribution in [0.3, 0.4) is 0 Å². The van der Waals surface area contributed by atoms with Crippen molar-refractivity contribution < 1.29 is 24.4 Å². The number of amides is 1. The summed E-state index contributed by atoms with van der Waals surface area (Å²) in [6.45, 7) is 1.59. The van der Waals surface area contributed by atoms with E-state index in [4.69, 9.17) is 0 Å². The summed E-state index contributed by atoms with van der Waals surface area (Å²) >= 11 is 1.03. The highest BCUT2D eigenvalue weighted by Crippen LogP contribution is 2.32. The van der Waals surface area contributed by atoms with Crippen LogP contribution in [0.5, 0.6) is 0 Å². The van der Waals surface area contributed by atoms with Gasteiger partial charge in [-0.2, -0.15) is 0 Å². The van der Waals surface area contributed by atoms with Crippen molar-refractivity contribution in [3.63, 3.8) is 0 Å². The summed E-state index contributed by atoms with van der Waals surface area (Å²) in [5, 5.41) is 19.6. The number of nitrogens with zero attached hydrogens (tertiary/aromatic N) is 2. The van der Waals surface area contributed by atoms with Crippen molar-refractivity contribution in [1.82, 2.24) is 0 Å². The predicted octanol–water partition coefficient (Wildman–Crippen LogP) is 1.68. The number of anilines is 1. The van der Waals surface area contributed by atoms with Gasteiger partial charge in [0.2, 0.25) is 5.91 Å². The van der Waals surface area contributed by atoms with Gasteiger partial charge in [-0.25, -0.2) is 4.79 Å². The zero-order chi connectivity index (χ0) is 16.4. The molecule has 22 heavy (non-hydrogen) atoms. The smallest absolute Gasteiger partial charge is 0.338 e. The van der Waals surface area contributed by atoms with Crippen LogP contribution in [-0.4, -0.2) is 38.8 Å². The maximum absolute atomic E-state index is 12.0. The predicted molar refractivity (Wildman–Crippen MR) is 79.1 cm³/mol. The van der Waals surface area contributed by atoms with Gasteiger partial charge in [-0.05, 0) is 6.07 Å². The van der Waals surface area contributed by atoms with Crippen LogP contribution < -0.4 is 4.90 Å². The third kappa shape index (κ3) is 3.25. The standard InChI is InChI=1S/C13H12N2O6S/c1-7(16)22-9-5-12(17)14(6-9)11-3-2-8(15(20)21)4-10(11)13(18)19/h2-4,9H,5-6H2,1H3,(H,18,19). The highest BCUT2D eigenvalue weighted by atomic mass is 32.2. The molecule has 1 N–H and O–H groups in total. The van der Waals surface area contributed by atoms with Gasteiger partial charge < -0.3 is 10.0 Å². The van der Waals surface area contributed by atoms with Gasteiger partial charge in [0.15, 0.2) is 5.12 Å². The van der Waals surface area contributed by atoms with Gasteiger partial charge in [0.05, 0.1) is 16.2 Å². The number of benzene rings is 1. The number of hydrogen-bond donors (Lipinski definition) is 1. The number of hydrogen-bond acceptors (Lipinski definition) is 6. The lowest BCUT2D eigenvalue weighted by Crippen LogP contribution is -2.27. The molecule has 0 bridgehead atoms. The van der Waals surface area contributed by atoms with Gasteiger partial charge in [-0.1, -0.05) is 11.8 Å². The Labute approximate surface area is 129 Å². The molecule has 1 heterocycles. The first-order valence-corrected chi connectivity index (χ1v) is 7.17. The molecule has 0 radical (unpaired) electrons. The molecule has 9 heteroatoms. The lowest BCUT2D eigenvalue weighted by molar-refractivity contribution is -0.384. The van der Waals surface area contributed by atoms with Crippen LogP contribution in [-0.2, 0) is 9.59 Å². The Balaban J connectivity index is 2.36. The molecule has 1 aromatic carbocycles. The second-order valence-electron chi connectivity index (χ2n) is 4.70. The normalized spacial score (nSPS) is 17.6. The molecule has 1 unspecified atom stereocenters. The zero-order valence-electron chi connectivity index (χ0n) is 11.5. The van der Waals surface area contributed by atoms with Gasteiger partial charge in [-0.3, -0.25) is 19.7 Å². The minimum absolute atomic E-state index is 0.106. The molecule has 0 aromatic heterocycles. The summed E-state index contributed by atoms with van der Waals surface area (Å²) in [6.07, 6.45) is 0.125. The molecule has 8 nitrogen and oxygen atoms in total. The molecule has 0 aliphatic carbocycles. The first-order valence-electron chi connectivity index (χ1n) is 6.29. The van der Waals surface area contributed by atoms with E-state index in [1.807, 2.05) is 0 Å². The maximum Gasteiger partial charge on any atom is 0.338 e. The second kappa shape index (κ2) is 6.14. The number of carbonyl (C=O) groups is 3. The third-order valence-corrected chi connectivity index (χ3v) is 4.12. The Hall–Kier alpha value is -2.42. The lowest BCUT2D eigenvalue weighted by Gasteiger charge is -2.18. The van der Waals surface area contributed by atoms with Crippen LogP contribution in [0.15, 0.2) is 18.2 Å². The average Bonchev–Trinajstić information content (AvgIpc) is 2.77. The molecular formula is C13H12N2O6S. The number of carboxylic acids is 1. The van der Waals surface area contributed by atoms with Gasteiger partial charge >= 0.3 is 5.97 Å². The molecule has 1 aliphatic heterocycles. The average molecular weight is 324 g/mol. The number of nitro groups is 1. The number of aromatic carboxylic acids is 1. The first kappa shape index (κ1) is 16.0. The number of carboxylic acid groups (broad SMARTS) is 1. The lowest BCUT2D eigenvalue weighted by atomic mass is 10.1. The van der Waals surface area contributed by atoms with Crippen molar-refractivity contribution in [3.05, 3.63) is 33.9 Å². The van der Waals surface area contributed by atoms with E-state index in [-0.39, 0.29) is 46.2 Å². The molecular weight excluding hydrogens is 312 g/mol. The van der Waals surface area contributed by atoms with Crippen molar-refractivity contribution in [2.24, 2.45) is 0 Å². The summed E-state index contributed by atoms with van der Waals surface area (Å²) in [5.74, 6) is -1.66. The molecule has 2 rings (SSSR count). The fraction of sp³-hybridized carbons (Fsp3) is 0.308. The molecule has 1 aliphatic rings. The molecule has 1 amide bonds. The summed E-state index contributed by atoms with van der Waals surface area (Å²) < 4.78 is 0. The largest absolute Gasteiger partial charge is 0.478 e. The van der Waals surface area contributed by atoms with Crippen molar-refractivity contribution >= 4 is 40.1 Å². The molecule has 1 aromatic rings. The zero-order valence-corrected chi connectivity index (χ0v) is 12.3. The van der Waals surface area contributed by atoms with Crippen molar-refractivity contribution in [2.45, 2.75) is 18.6 Å². The van der Waals surface area contributed by atoms with Crippen LogP contribution in [0.4, 0.5) is 11.4 Å². The Morgan fingerprint density at radius 1 is 1.45 bits per heavy atom. The number of non-ortho nitro benzene ring substituents is 1. The van der Waals surface area contributed by atoms with E-state index in [1.165, 1.54) is 17.9 Å². The van der Waals surface area contributed by atoms with E-state index in [2.05, 4.69) is 0 Å². The number of rotatable bonds is 4. The molecule has 0 spiro atoms. The summed E-state index contributed by atoms with van der Waals surface area (Å²) in [5.41, 5.74) is -0.562. The molecule has 116 valence electrons. The van der Waals surface area contributed by atoms with Crippen LogP contribution in [0.2, 0.25) is 0 Å². The Kier molecular flexibility index (Phi) is 4.45. The topological polar surface area (TPSA) is 118 Å². The van der Waals surface area contributed by atoms with Crippen LogP contribution in [0.1, 0.15) is 23.7 Å². The van der Waals surface area contributed by atoms with Crippen molar-refractivity contribution in [2.75, 3.05) is 11.4 Å². The van der Waals surface area contributed by atoms with Crippen LogP contribution in [0.25, 0.3) is 0 Å². The molecule has 0 saturated carbocycles. The van der Waals surface area contributed by atoms with Crippen LogP contribution in [0, 0.1) is 10.1 Å². The summed E-state index contributed by atoms with van der Waals surface area (Å²) in [6, 6.07) is 3.33. The van der Waals surface area contributed by atoms with E-state index < -0.39 is 10.9 Å². The van der Waals surface area contributed by atoms with E-state index in [0.29, 0.717) is 0 Å². The van der Waals surface area contributed by atoms with E-state index >= 15 is 0 Å². The van der Waals surface area contributed by atoms with Crippen molar-refractivity contribution in [3.8, 4) is 0 Å². The Bertz CT molecular complexity index is 674. The second-order valence-corrected chi connectivity index (χ2v) is 6.18. The molecule has 1 fully saturated rings. The third-order valence-electron chi connectivity index (χ3n) is 3.13. The van der Waals surface area contributed by atoms with Gasteiger partial charge in [0, 0.05) is 37.3 Å². The van der Waals surface area contributed by atoms with E-state index in [1.54, 1.807) is 0 Å². The SMILES string of the molecule is CC(=O)SC1CC(=O)N(c2ccc([N+](=O)[O-])cc2C(=O)O)C1. The minimum Gasteiger partial charge on any atom is -0.478 e.